The normalized spacial score (nSPS) is 21.9. The summed E-state index contributed by atoms with van der Waals surface area (Å²) in [6, 6.07) is 8.07. The fourth-order valence-corrected chi connectivity index (χ4v) is 4.30. The highest BCUT2D eigenvalue weighted by Crippen LogP contribution is 2.24. The summed E-state index contributed by atoms with van der Waals surface area (Å²) >= 11 is 0. The Morgan fingerprint density at radius 2 is 2.10 bits per heavy atom. The molecule has 1 aromatic heterocycles. The van der Waals surface area contributed by atoms with E-state index < -0.39 is 0 Å². The average molecular weight is 404 g/mol. The minimum absolute atomic E-state index is 0.0707. The molecule has 1 aromatic carbocycles. The summed E-state index contributed by atoms with van der Waals surface area (Å²) in [5.74, 6) is 0. The van der Waals surface area contributed by atoms with Crippen molar-refractivity contribution in [3.8, 4) is 0 Å². The van der Waals surface area contributed by atoms with Gasteiger partial charge in [0, 0.05) is 48.9 Å². The number of nitrogens with zero attached hydrogens (tertiary/aromatic N) is 4. The number of fused-ring (bicyclic) bond motifs is 2. The van der Waals surface area contributed by atoms with Crippen LogP contribution in [0.2, 0.25) is 0 Å². The molecule has 4 heterocycles. The number of benzene rings is 1. The molecule has 0 saturated carbocycles. The van der Waals surface area contributed by atoms with Crippen LogP contribution in [0.1, 0.15) is 25.3 Å². The van der Waals surface area contributed by atoms with Crippen molar-refractivity contribution >= 4 is 28.6 Å². The lowest BCUT2D eigenvalue weighted by Crippen LogP contribution is -2.28. The van der Waals surface area contributed by atoms with Crippen molar-refractivity contribution in [3.05, 3.63) is 64.2 Å². The van der Waals surface area contributed by atoms with Gasteiger partial charge in [0.05, 0.1) is 5.56 Å². The van der Waals surface area contributed by atoms with Gasteiger partial charge in [-0.15, -0.1) is 0 Å². The highest BCUT2D eigenvalue weighted by molar-refractivity contribution is 6.37. The summed E-state index contributed by atoms with van der Waals surface area (Å²) in [5.41, 5.74) is 3.84. The van der Waals surface area contributed by atoms with Crippen LogP contribution >= 0.6 is 0 Å². The predicted octanol–water partition coefficient (Wildman–Crippen LogP) is 3.01. The minimum atomic E-state index is -0.339. The van der Waals surface area contributed by atoms with E-state index in [-0.39, 0.29) is 11.8 Å². The molecule has 1 saturated heterocycles. The molecule has 5 rings (SSSR count). The molecular weight excluding hydrogens is 376 g/mol. The molecule has 154 valence electrons. The average Bonchev–Trinajstić information content (AvgIpc) is 3.05. The van der Waals surface area contributed by atoms with Crippen LogP contribution in [0, 0.1) is 0 Å². The van der Waals surface area contributed by atoms with E-state index in [1.54, 1.807) is 0 Å². The fraction of sp³-hybridized carbons (Fsp3) is 0.375. The van der Waals surface area contributed by atoms with E-state index in [1.165, 1.54) is 5.57 Å². The molecule has 0 aliphatic carbocycles. The van der Waals surface area contributed by atoms with Crippen LogP contribution in [-0.2, 0) is 0 Å². The Balaban J connectivity index is 1.47. The Labute approximate surface area is 176 Å². The van der Waals surface area contributed by atoms with Crippen LogP contribution in [0.3, 0.4) is 0 Å². The Kier molecular flexibility index (Phi) is 4.87. The number of allylic oxidation sites excluding steroid dienone is 2. The van der Waals surface area contributed by atoms with Gasteiger partial charge in [-0.05, 0) is 50.2 Å². The van der Waals surface area contributed by atoms with Gasteiger partial charge in [0.25, 0.3) is 6.17 Å². The molecule has 30 heavy (non-hydrogen) atoms. The van der Waals surface area contributed by atoms with Crippen molar-refractivity contribution in [3.63, 3.8) is 0 Å². The van der Waals surface area contributed by atoms with E-state index in [4.69, 9.17) is 9.41 Å². The molecule has 1 atom stereocenters. The van der Waals surface area contributed by atoms with Gasteiger partial charge < -0.3 is 14.2 Å². The third-order valence-electron chi connectivity index (χ3n) is 6.16. The number of anilines is 1. The minimum Gasteiger partial charge on any atom is -0.422 e. The summed E-state index contributed by atoms with van der Waals surface area (Å²) in [6.07, 6.45) is 10.2. The van der Waals surface area contributed by atoms with Crippen LogP contribution in [0.5, 0.6) is 0 Å². The number of rotatable bonds is 3. The lowest BCUT2D eigenvalue weighted by atomic mass is 10.1. The summed E-state index contributed by atoms with van der Waals surface area (Å²) in [5, 5.41) is 0.918. The molecule has 0 radical (unpaired) electrons. The van der Waals surface area contributed by atoms with Crippen molar-refractivity contribution in [1.82, 2.24) is 4.90 Å². The van der Waals surface area contributed by atoms with Crippen molar-refractivity contribution in [2.45, 2.75) is 25.9 Å². The Morgan fingerprint density at radius 3 is 2.97 bits per heavy atom. The standard InChI is InChI=1S/C24H27N4O2/c1-3-17-7-10-28-16-21(25-23(28)13-17)20-14-18-5-6-19(15-22(18)30-24(20)29)27-9-4-8-26(2)11-12-27/h5-7,10,13-16,23H,3-4,8-9,11-12H2,1-2H3/q+1. The van der Waals surface area contributed by atoms with E-state index >= 15 is 0 Å². The summed E-state index contributed by atoms with van der Waals surface area (Å²) in [7, 11) is 2.16. The molecule has 0 bridgehead atoms. The second-order valence-electron chi connectivity index (χ2n) is 8.23. The second-order valence-corrected chi connectivity index (χ2v) is 8.23. The van der Waals surface area contributed by atoms with Gasteiger partial charge in [0.15, 0.2) is 12.4 Å². The van der Waals surface area contributed by atoms with Gasteiger partial charge in [-0.2, -0.15) is 4.58 Å². The van der Waals surface area contributed by atoms with E-state index in [0.29, 0.717) is 16.9 Å². The second kappa shape index (κ2) is 7.69. The molecule has 6 nitrogen and oxygen atoms in total. The first kappa shape index (κ1) is 19.0. The molecule has 6 heteroatoms. The van der Waals surface area contributed by atoms with Gasteiger partial charge in [0.2, 0.25) is 0 Å². The van der Waals surface area contributed by atoms with Crippen molar-refractivity contribution in [2.24, 2.45) is 4.99 Å². The van der Waals surface area contributed by atoms with Gasteiger partial charge >= 0.3 is 5.63 Å². The topological polar surface area (TPSA) is 52.1 Å². The Hall–Kier alpha value is -2.99. The zero-order valence-electron chi connectivity index (χ0n) is 17.5. The van der Waals surface area contributed by atoms with E-state index in [0.717, 1.165) is 50.1 Å². The first-order valence-corrected chi connectivity index (χ1v) is 10.7. The Bertz CT molecular complexity index is 1170. The monoisotopic (exact) mass is 403 g/mol. The van der Waals surface area contributed by atoms with Crippen LogP contribution in [0.15, 0.2) is 62.4 Å². The zero-order valence-corrected chi connectivity index (χ0v) is 17.5. The quantitative estimate of drug-likeness (QED) is 0.584. The SMILES string of the molecule is CCC1=CC2N=C(c3cc4ccc(N5CCCN(C)CC5)cc4oc3=O)C=[N+]2C=C1. The maximum Gasteiger partial charge on any atom is 0.346 e. The molecule has 3 aliphatic rings. The maximum atomic E-state index is 12.8. The van der Waals surface area contributed by atoms with Gasteiger partial charge in [0.1, 0.15) is 11.3 Å². The lowest BCUT2D eigenvalue weighted by molar-refractivity contribution is -0.476. The van der Waals surface area contributed by atoms with Gasteiger partial charge in [-0.25, -0.2) is 9.79 Å². The van der Waals surface area contributed by atoms with Crippen LogP contribution < -0.4 is 10.5 Å². The van der Waals surface area contributed by atoms with Crippen molar-refractivity contribution in [2.75, 3.05) is 38.1 Å². The van der Waals surface area contributed by atoms with E-state index in [1.807, 2.05) is 35.2 Å². The molecule has 1 fully saturated rings. The molecule has 1 unspecified atom stereocenters. The van der Waals surface area contributed by atoms with Crippen LogP contribution in [-0.4, -0.2) is 60.8 Å². The summed E-state index contributed by atoms with van der Waals surface area (Å²) in [4.78, 5) is 22.3. The first-order chi connectivity index (χ1) is 14.6. The largest absolute Gasteiger partial charge is 0.422 e. The van der Waals surface area contributed by atoms with Crippen molar-refractivity contribution in [1.29, 1.82) is 0 Å². The van der Waals surface area contributed by atoms with Gasteiger partial charge in [-0.3, -0.25) is 0 Å². The highest BCUT2D eigenvalue weighted by atomic mass is 16.4. The third kappa shape index (κ3) is 3.52. The molecular formula is C24H27N4O2+. The van der Waals surface area contributed by atoms with Gasteiger partial charge in [-0.1, -0.05) is 6.92 Å². The molecule has 0 N–H and O–H groups in total. The number of hydrogen-bond acceptors (Lipinski definition) is 5. The van der Waals surface area contributed by atoms with Crippen LogP contribution in [0.25, 0.3) is 11.0 Å². The Morgan fingerprint density at radius 1 is 1.20 bits per heavy atom. The molecule has 0 spiro atoms. The number of aliphatic imine (C=N–C) groups is 1. The smallest absolute Gasteiger partial charge is 0.346 e. The fourth-order valence-electron chi connectivity index (χ4n) is 4.30. The van der Waals surface area contributed by atoms with Crippen molar-refractivity contribution < 1.29 is 8.99 Å². The molecule has 3 aliphatic heterocycles. The predicted molar refractivity (Wildman–Crippen MR) is 121 cm³/mol. The van der Waals surface area contributed by atoms with E-state index in [2.05, 4.69) is 42.0 Å². The number of hydrogen-bond donors (Lipinski definition) is 0. The summed E-state index contributed by atoms with van der Waals surface area (Å²) < 4.78 is 7.76. The third-order valence-corrected chi connectivity index (χ3v) is 6.16. The lowest BCUT2D eigenvalue weighted by Gasteiger charge is -2.22. The molecule has 2 aromatic rings. The highest BCUT2D eigenvalue weighted by Gasteiger charge is 2.29. The summed E-state index contributed by atoms with van der Waals surface area (Å²) in [6.45, 7) is 6.28. The first-order valence-electron chi connectivity index (χ1n) is 10.7. The molecule has 0 amide bonds. The van der Waals surface area contributed by atoms with Crippen LogP contribution in [0.4, 0.5) is 5.69 Å². The zero-order chi connectivity index (χ0) is 20.7. The number of likely N-dealkylation sites (N-methyl/N-ethyl adjacent to an activating group) is 1. The van der Waals surface area contributed by atoms with E-state index in [9.17, 15) is 4.79 Å². The maximum absolute atomic E-state index is 12.8.